The Kier molecular flexibility index (Phi) is 5.31. The van der Waals surface area contributed by atoms with E-state index in [4.69, 9.17) is 10.6 Å². The molecule has 1 heterocycles. The van der Waals surface area contributed by atoms with Crippen LogP contribution in [0.25, 0.3) is 0 Å². The first-order chi connectivity index (χ1) is 8.10. The van der Waals surface area contributed by atoms with Crippen molar-refractivity contribution in [2.45, 2.75) is 46.6 Å². The lowest BCUT2D eigenvalue weighted by Gasteiger charge is -2.15. The van der Waals surface area contributed by atoms with Gasteiger partial charge in [0.2, 0.25) is 0 Å². The van der Waals surface area contributed by atoms with Crippen LogP contribution in [-0.4, -0.2) is 16.6 Å². The summed E-state index contributed by atoms with van der Waals surface area (Å²) in [5.74, 6) is 7.21. The summed E-state index contributed by atoms with van der Waals surface area (Å²) >= 11 is 0. The summed E-state index contributed by atoms with van der Waals surface area (Å²) in [6, 6.07) is 0. The molecule has 0 unspecified atom stereocenters. The summed E-state index contributed by atoms with van der Waals surface area (Å²) in [6.45, 7) is 9.39. The first kappa shape index (κ1) is 13.9. The van der Waals surface area contributed by atoms with Gasteiger partial charge < -0.3 is 10.2 Å². The van der Waals surface area contributed by atoms with Crippen LogP contribution in [0.3, 0.4) is 0 Å². The van der Waals surface area contributed by atoms with E-state index in [0.29, 0.717) is 24.2 Å². The Labute approximate surface area is 103 Å². The first-order valence-electron chi connectivity index (χ1n) is 6.01. The zero-order chi connectivity index (χ0) is 12.8. The Balaban J connectivity index is 2.92. The molecule has 0 aliphatic carbocycles. The molecule has 1 rings (SSSR count). The molecule has 0 saturated heterocycles. The van der Waals surface area contributed by atoms with E-state index < -0.39 is 0 Å². The molecule has 3 N–H and O–H groups in total. The molecule has 0 fully saturated rings. The molecule has 0 radical (unpaired) electrons. The SMILES string of the molecule is CCCOCc1nc(C)c(C(C)C)c(NN)n1. The van der Waals surface area contributed by atoms with Crippen molar-refractivity contribution in [3.63, 3.8) is 0 Å². The van der Waals surface area contributed by atoms with Gasteiger partial charge in [-0.1, -0.05) is 20.8 Å². The number of nitrogens with zero attached hydrogens (tertiary/aromatic N) is 2. The number of anilines is 1. The lowest BCUT2D eigenvalue weighted by molar-refractivity contribution is 0.116. The summed E-state index contributed by atoms with van der Waals surface area (Å²) in [5, 5.41) is 0. The van der Waals surface area contributed by atoms with Crippen molar-refractivity contribution in [3.8, 4) is 0 Å². The lowest BCUT2D eigenvalue weighted by Crippen LogP contribution is -2.16. The number of hydrogen-bond acceptors (Lipinski definition) is 5. The number of aryl methyl sites for hydroxylation is 1. The van der Waals surface area contributed by atoms with Crippen molar-refractivity contribution >= 4 is 5.82 Å². The fourth-order valence-corrected chi connectivity index (χ4v) is 1.81. The van der Waals surface area contributed by atoms with Crippen molar-refractivity contribution in [3.05, 3.63) is 17.1 Å². The second-order valence-electron chi connectivity index (χ2n) is 4.34. The molecule has 5 heteroatoms. The number of ether oxygens (including phenoxy) is 1. The third kappa shape index (κ3) is 3.64. The minimum Gasteiger partial charge on any atom is -0.373 e. The van der Waals surface area contributed by atoms with Crippen molar-refractivity contribution in [1.82, 2.24) is 9.97 Å². The highest BCUT2D eigenvalue weighted by Crippen LogP contribution is 2.24. The van der Waals surface area contributed by atoms with E-state index in [1.165, 1.54) is 0 Å². The van der Waals surface area contributed by atoms with E-state index in [2.05, 4.69) is 36.2 Å². The average Bonchev–Trinajstić information content (AvgIpc) is 2.27. The molecule has 0 atom stereocenters. The molecule has 5 nitrogen and oxygen atoms in total. The van der Waals surface area contributed by atoms with Crippen LogP contribution >= 0.6 is 0 Å². The second kappa shape index (κ2) is 6.51. The molecule has 0 bridgehead atoms. The van der Waals surface area contributed by atoms with Gasteiger partial charge in [0.15, 0.2) is 5.82 Å². The molecule has 17 heavy (non-hydrogen) atoms. The summed E-state index contributed by atoms with van der Waals surface area (Å²) in [4.78, 5) is 8.82. The largest absolute Gasteiger partial charge is 0.373 e. The van der Waals surface area contributed by atoms with Gasteiger partial charge in [-0.15, -0.1) is 0 Å². The van der Waals surface area contributed by atoms with Crippen LogP contribution in [0.1, 0.15) is 50.2 Å². The third-order valence-corrected chi connectivity index (χ3v) is 2.48. The highest BCUT2D eigenvalue weighted by molar-refractivity contribution is 5.47. The van der Waals surface area contributed by atoms with Crippen LogP contribution in [0, 0.1) is 6.92 Å². The third-order valence-electron chi connectivity index (χ3n) is 2.48. The van der Waals surface area contributed by atoms with Crippen molar-refractivity contribution < 1.29 is 4.74 Å². The molecule has 0 spiro atoms. The van der Waals surface area contributed by atoms with Crippen LogP contribution in [0.5, 0.6) is 0 Å². The normalized spacial score (nSPS) is 10.9. The maximum atomic E-state index is 5.50. The van der Waals surface area contributed by atoms with E-state index in [1.54, 1.807) is 0 Å². The highest BCUT2D eigenvalue weighted by atomic mass is 16.5. The predicted octanol–water partition coefficient (Wildman–Crippen LogP) is 2.12. The van der Waals surface area contributed by atoms with Crippen LogP contribution < -0.4 is 11.3 Å². The first-order valence-corrected chi connectivity index (χ1v) is 6.01. The van der Waals surface area contributed by atoms with Gasteiger partial charge in [-0.3, -0.25) is 0 Å². The maximum Gasteiger partial charge on any atom is 0.156 e. The molecule has 0 aliphatic heterocycles. The van der Waals surface area contributed by atoms with E-state index in [-0.39, 0.29) is 0 Å². The van der Waals surface area contributed by atoms with Gasteiger partial charge in [0.1, 0.15) is 12.4 Å². The monoisotopic (exact) mass is 238 g/mol. The van der Waals surface area contributed by atoms with Crippen LogP contribution in [-0.2, 0) is 11.3 Å². The number of nitrogens with two attached hydrogens (primary N) is 1. The fourth-order valence-electron chi connectivity index (χ4n) is 1.81. The Morgan fingerprint density at radius 2 is 2.06 bits per heavy atom. The van der Waals surface area contributed by atoms with E-state index in [1.807, 2.05) is 6.92 Å². The number of rotatable bonds is 6. The number of hydrogen-bond donors (Lipinski definition) is 2. The van der Waals surface area contributed by atoms with Crippen molar-refractivity contribution in [2.24, 2.45) is 5.84 Å². The van der Waals surface area contributed by atoms with Crippen molar-refractivity contribution in [1.29, 1.82) is 0 Å². The topological polar surface area (TPSA) is 73.1 Å². The van der Waals surface area contributed by atoms with Gasteiger partial charge in [0.25, 0.3) is 0 Å². The summed E-state index contributed by atoms with van der Waals surface area (Å²) < 4.78 is 5.43. The summed E-state index contributed by atoms with van der Waals surface area (Å²) in [6.07, 6.45) is 0.991. The lowest BCUT2D eigenvalue weighted by atomic mass is 10.0. The van der Waals surface area contributed by atoms with Gasteiger partial charge in [-0.2, -0.15) is 0 Å². The van der Waals surface area contributed by atoms with E-state index in [9.17, 15) is 0 Å². The Hall–Kier alpha value is -1.20. The minimum absolute atomic E-state index is 0.340. The number of aromatic nitrogens is 2. The van der Waals surface area contributed by atoms with E-state index >= 15 is 0 Å². The van der Waals surface area contributed by atoms with Gasteiger partial charge in [0.05, 0.1) is 0 Å². The molecule has 0 saturated carbocycles. The predicted molar refractivity (Wildman–Crippen MR) is 68.6 cm³/mol. The summed E-state index contributed by atoms with van der Waals surface area (Å²) in [5.41, 5.74) is 4.66. The van der Waals surface area contributed by atoms with Crippen LogP contribution in [0.15, 0.2) is 0 Å². The molecule has 0 aliphatic rings. The van der Waals surface area contributed by atoms with Gasteiger partial charge in [-0.25, -0.2) is 15.8 Å². The summed E-state index contributed by atoms with van der Waals surface area (Å²) in [7, 11) is 0. The zero-order valence-electron chi connectivity index (χ0n) is 11.1. The standard InChI is InChI=1S/C12H22N4O/c1-5-6-17-7-10-14-9(4)11(8(2)3)12(15-10)16-13/h8H,5-7,13H2,1-4H3,(H,14,15,16). The number of nitrogens with one attached hydrogen (secondary N) is 1. The molecular weight excluding hydrogens is 216 g/mol. The molecular formula is C12H22N4O. The number of hydrazine groups is 1. The molecule has 1 aromatic heterocycles. The van der Waals surface area contributed by atoms with Gasteiger partial charge in [-0.05, 0) is 19.3 Å². The van der Waals surface area contributed by atoms with Crippen LogP contribution in [0.2, 0.25) is 0 Å². The van der Waals surface area contributed by atoms with Crippen molar-refractivity contribution in [2.75, 3.05) is 12.0 Å². The zero-order valence-corrected chi connectivity index (χ0v) is 11.1. The Morgan fingerprint density at radius 3 is 2.59 bits per heavy atom. The molecule has 0 amide bonds. The fraction of sp³-hybridized carbons (Fsp3) is 0.667. The Bertz CT molecular complexity index is 366. The van der Waals surface area contributed by atoms with Crippen LogP contribution in [0.4, 0.5) is 5.82 Å². The maximum absolute atomic E-state index is 5.50. The van der Waals surface area contributed by atoms with Gasteiger partial charge >= 0.3 is 0 Å². The number of nitrogen functional groups attached to an aromatic ring is 1. The van der Waals surface area contributed by atoms with E-state index in [0.717, 1.165) is 24.3 Å². The average molecular weight is 238 g/mol. The minimum atomic E-state index is 0.340. The molecule has 0 aromatic carbocycles. The quantitative estimate of drug-likeness (QED) is 0.451. The van der Waals surface area contributed by atoms with Gasteiger partial charge in [0, 0.05) is 17.9 Å². The Morgan fingerprint density at radius 1 is 1.35 bits per heavy atom. The smallest absolute Gasteiger partial charge is 0.156 e. The molecule has 96 valence electrons. The highest BCUT2D eigenvalue weighted by Gasteiger charge is 2.13. The molecule has 1 aromatic rings. The second-order valence-corrected chi connectivity index (χ2v) is 4.34.